The number of carbonyl (C=O) groups excluding carboxylic acids is 1. The van der Waals surface area contributed by atoms with E-state index in [1.54, 1.807) is 24.5 Å². The average molecular weight is 299 g/mol. The van der Waals surface area contributed by atoms with Gasteiger partial charge in [0.1, 0.15) is 0 Å². The zero-order valence-corrected chi connectivity index (χ0v) is 12.4. The van der Waals surface area contributed by atoms with Crippen molar-refractivity contribution in [2.45, 2.75) is 6.04 Å². The Bertz CT molecular complexity index is 591. The second-order valence-corrected chi connectivity index (χ2v) is 6.01. The Morgan fingerprint density at radius 2 is 1.95 bits per heavy atom. The average Bonchev–Trinajstić information content (AvgIpc) is 2.56. The summed E-state index contributed by atoms with van der Waals surface area (Å²) in [5.41, 5.74) is 1.97. The summed E-state index contributed by atoms with van der Waals surface area (Å²) in [6, 6.07) is 13.9. The molecule has 2 aromatic rings. The molecule has 2 amide bonds. The first-order valence-electron chi connectivity index (χ1n) is 6.95. The van der Waals surface area contributed by atoms with Crippen LogP contribution in [0.15, 0.2) is 54.9 Å². The number of anilines is 1. The van der Waals surface area contributed by atoms with Gasteiger partial charge in [0.15, 0.2) is 0 Å². The van der Waals surface area contributed by atoms with Crippen LogP contribution in [0, 0.1) is 0 Å². The van der Waals surface area contributed by atoms with Crippen LogP contribution in [0.1, 0.15) is 11.6 Å². The predicted octanol–water partition coefficient (Wildman–Crippen LogP) is 3.40. The summed E-state index contributed by atoms with van der Waals surface area (Å²) in [5.74, 6) is 1.92. The topological polar surface area (TPSA) is 45.2 Å². The molecule has 1 aromatic carbocycles. The van der Waals surface area contributed by atoms with Crippen molar-refractivity contribution < 1.29 is 4.79 Å². The monoisotopic (exact) mass is 299 g/mol. The Hall–Kier alpha value is -2.01. The lowest BCUT2D eigenvalue weighted by molar-refractivity contribution is 0.196. The van der Waals surface area contributed by atoms with Gasteiger partial charge < -0.3 is 10.2 Å². The number of urea groups is 1. The molecule has 1 aliphatic rings. The van der Waals surface area contributed by atoms with Crippen molar-refractivity contribution in [3.63, 3.8) is 0 Å². The van der Waals surface area contributed by atoms with Crippen molar-refractivity contribution in [3.05, 3.63) is 60.4 Å². The molecule has 1 aromatic heterocycles. The third kappa shape index (κ3) is 3.36. The summed E-state index contributed by atoms with van der Waals surface area (Å²) >= 11 is 1.89. The number of pyridine rings is 1. The van der Waals surface area contributed by atoms with E-state index in [1.165, 1.54) is 5.56 Å². The second-order valence-electron chi connectivity index (χ2n) is 4.86. The van der Waals surface area contributed by atoms with Gasteiger partial charge in [0.25, 0.3) is 0 Å². The molecule has 4 nitrogen and oxygen atoms in total. The minimum absolute atomic E-state index is 0.0460. The molecule has 2 heterocycles. The van der Waals surface area contributed by atoms with Crippen LogP contribution >= 0.6 is 11.8 Å². The van der Waals surface area contributed by atoms with Crippen molar-refractivity contribution in [1.82, 2.24) is 9.88 Å². The molecule has 1 fully saturated rings. The van der Waals surface area contributed by atoms with Crippen LogP contribution in [-0.4, -0.2) is 34.0 Å². The third-order valence-corrected chi connectivity index (χ3v) is 4.53. The standard InChI is InChI=1S/C16H17N3OS/c20-16(18-14-6-8-17-9-7-14)19-10-11-21-12-15(19)13-4-2-1-3-5-13/h1-9,15H,10-12H2,(H,17,18,20). The quantitative estimate of drug-likeness (QED) is 0.924. The number of rotatable bonds is 2. The van der Waals surface area contributed by atoms with Crippen LogP contribution < -0.4 is 5.32 Å². The smallest absolute Gasteiger partial charge is 0.316 e. The maximum Gasteiger partial charge on any atom is 0.322 e. The first kappa shape index (κ1) is 13.9. The zero-order valence-electron chi connectivity index (χ0n) is 11.6. The molecule has 1 aliphatic heterocycles. The van der Waals surface area contributed by atoms with Crippen molar-refractivity contribution in [2.75, 3.05) is 23.4 Å². The Balaban J connectivity index is 1.76. The molecule has 0 radical (unpaired) electrons. The number of nitrogens with zero attached hydrogens (tertiary/aromatic N) is 2. The third-order valence-electron chi connectivity index (χ3n) is 3.51. The summed E-state index contributed by atoms with van der Waals surface area (Å²) in [4.78, 5) is 18.4. The minimum atomic E-state index is -0.0460. The summed E-state index contributed by atoms with van der Waals surface area (Å²) in [5, 5.41) is 2.95. The van der Waals surface area contributed by atoms with E-state index >= 15 is 0 Å². The molecule has 1 atom stereocenters. The zero-order chi connectivity index (χ0) is 14.5. The lowest BCUT2D eigenvalue weighted by atomic mass is 10.1. The summed E-state index contributed by atoms with van der Waals surface area (Å²) < 4.78 is 0. The molecule has 3 rings (SSSR count). The lowest BCUT2D eigenvalue weighted by Gasteiger charge is -2.35. The van der Waals surface area contributed by atoms with Crippen molar-refractivity contribution in [1.29, 1.82) is 0 Å². The molecular weight excluding hydrogens is 282 g/mol. The van der Waals surface area contributed by atoms with E-state index in [0.717, 1.165) is 23.7 Å². The Kier molecular flexibility index (Phi) is 4.40. The van der Waals surface area contributed by atoms with Gasteiger partial charge in [0.05, 0.1) is 6.04 Å². The number of thioether (sulfide) groups is 1. The highest BCUT2D eigenvalue weighted by atomic mass is 32.2. The van der Waals surface area contributed by atoms with Gasteiger partial charge in [0, 0.05) is 36.1 Å². The number of aromatic nitrogens is 1. The van der Waals surface area contributed by atoms with Gasteiger partial charge in [-0.25, -0.2) is 4.79 Å². The van der Waals surface area contributed by atoms with Gasteiger partial charge in [-0.05, 0) is 17.7 Å². The number of benzene rings is 1. The van der Waals surface area contributed by atoms with E-state index in [1.807, 2.05) is 34.9 Å². The van der Waals surface area contributed by atoms with Crippen LogP contribution in [0.5, 0.6) is 0 Å². The molecule has 0 bridgehead atoms. The highest BCUT2D eigenvalue weighted by Gasteiger charge is 2.28. The molecule has 0 aliphatic carbocycles. The first-order chi connectivity index (χ1) is 10.3. The number of hydrogen-bond acceptors (Lipinski definition) is 3. The van der Waals surface area contributed by atoms with Gasteiger partial charge in [-0.3, -0.25) is 4.98 Å². The molecule has 0 spiro atoms. The lowest BCUT2D eigenvalue weighted by Crippen LogP contribution is -2.43. The fourth-order valence-corrected chi connectivity index (χ4v) is 3.52. The van der Waals surface area contributed by atoms with Crippen molar-refractivity contribution in [3.8, 4) is 0 Å². The van der Waals surface area contributed by atoms with Crippen LogP contribution in [-0.2, 0) is 0 Å². The van der Waals surface area contributed by atoms with Gasteiger partial charge in [-0.2, -0.15) is 11.8 Å². The molecule has 1 saturated heterocycles. The first-order valence-corrected chi connectivity index (χ1v) is 8.10. The highest BCUT2D eigenvalue weighted by Crippen LogP contribution is 2.29. The van der Waals surface area contributed by atoms with Crippen molar-refractivity contribution >= 4 is 23.5 Å². The van der Waals surface area contributed by atoms with E-state index in [2.05, 4.69) is 22.4 Å². The van der Waals surface area contributed by atoms with E-state index < -0.39 is 0 Å². The SMILES string of the molecule is O=C(Nc1ccncc1)N1CCSCC1c1ccccc1. The van der Waals surface area contributed by atoms with Crippen LogP contribution in [0.25, 0.3) is 0 Å². The van der Waals surface area contributed by atoms with Gasteiger partial charge in [0.2, 0.25) is 0 Å². The Morgan fingerprint density at radius 1 is 1.19 bits per heavy atom. The molecule has 108 valence electrons. The molecule has 1 unspecified atom stereocenters. The maximum atomic E-state index is 12.5. The maximum absolute atomic E-state index is 12.5. The van der Waals surface area contributed by atoms with Crippen molar-refractivity contribution in [2.24, 2.45) is 0 Å². The number of carbonyl (C=O) groups is 1. The second kappa shape index (κ2) is 6.63. The summed E-state index contributed by atoms with van der Waals surface area (Å²) in [6.07, 6.45) is 3.35. The number of nitrogens with one attached hydrogen (secondary N) is 1. The van der Waals surface area contributed by atoms with E-state index in [-0.39, 0.29) is 12.1 Å². The fraction of sp³-hybridized carbons (Fsp3) is 0.250. The molecular formula is C16H17N3OS. The van der Waals surface area contributed by atoms with Gasteiger partial charge >= 0.3 is 6.03 Å². The van der Waals surface area contributed by atoms with E-state index in [0.29, 0.717) is 0 Å². The van der Waals surface area contributed by atoms with Crippen LogP contribution in [0.3, 0.4) is 0 Å². The number of hydrogen-bond donors (Lipinski definition) is 1. The van der Waals surface area contributed by atoms with Gasteiger partial charge in [-0.15, -0.1) is 0 Å². The summed E-state index contributed by atoms with van der Waals surface area (Å²) in [6.45, 7) is 0.765. The van der Waals surface area contributed by atoms with Crippen LogP contribution in [0.2, 0.25) is 0 Å². The minimum Gasteiger partial charge on any atom is -0.316 e. The summed E-state index contributed by atoms with van der Waals surface area (Å²) in [7, 11) is 0. The Labute approximate surface area is 128 Å². The number of amides is 2. The highest BCUT2D eigenvalue weighted by molar-refractivity contribution is 7.99. The largest absolute Gasteiger partial charge is 0.322 e. The Morgan fingerprint density at radius 3 is 2.71 bits per heavy atom. The fourth-order valence-electron chi connectivity index (χ4n) is 2.43. The van der Waals surface area contributed by atoms with E-state index in [4.69, 9.17) is 0 Å². The van der Waals surface area contributed by atoms with Gasteiger partial charge in [-0.1, -0.05) is 30.3 Å². The van der Waals surface area contributed by atoms with E-state index in [9.17, 15) is 4.79 Å². The van der Waals surface area contributed by atoms with Crippen LogP contribution in [0.4, 0.5) is 10.5 Å². The molecule has 0 saturated carbocycles. The molecule has 21 heavy (non-hydrogen) atoms. The normalized spacial score (nSPS) is 18.3. The molecule has 1 N–H and O–H groups in total. The predicted molar refractivity (Wildman–Crippen MR) is 86.5 cm³/mol. The molecule has 5 heteroatoms.